The van der Waals surface area contributed by atoms with Crippen LogP contribution < -0.4 is 0 Å². The molecular formula is C8H21O6PSi. The predicted octanol–water partition coefficient (Wildman–Crippen LogP) is 1.14. The molecule has 0 aromatic rings. The first-order valence-electron chi connectivity index (χ1n) is 5.15. The highest BCUT2D eigenvalue weighted by Gasteiger charge is 2.47. The monoisotopic (exact) mass is 272 g/mol. The van der Waals surface area contributed by atoms with Crippen molar-refractivity contribution in [3.05, 3.63) is 0 Å². The lowest BCUT2D eigenvalue weighted by Crippen LogP contribution is -2.50. The zero-order valence-corrected chi connectivity index (χ0v) is 12.1. The van der Waals surface area contributed by atoms with E-state index in [0.717, 1.165) is 12.8 Å². The van der Waals surface area contributed by atoms with Crippen molar-refractivity contribution in [2.24, 2.45) is 0 Å². The maximum atomic E-state index is 11.0. The smallest absolute Gasteiger partial charge is 0.376 e. The van der Waals surface area contributed by atoms with E-state index >= 15 is 0 Å². The van der Waals surface area contributed by atoms with Gasteiger partial charge in [-0.3, -0.25) is 4.57 Å². The highest BCUT2D eigenvalue weighted by Crippen LogP contribution is 2.38. The van der Waals surface area contributed by atoms with E-state index in [9.17, 15) is 4.57 Å². The van der Waals surface area contributed by atoms with Gasteiger partial charge >= 0.3 is 16.4 Å². The largest absolute Gasteiger partial charge is 0.513 e. The van der Waals surface area contributed by atoms with Crippen molar-refractivity contribution in [3.63, 3.8) is 0 Å². The molecule has 0 radical (unpaired) electrons. The molecule has 0 fully saturated rings. The second-order valence-corrected chi connectivity index (χ2v) is 8.48. The molecule has 98 valence electrons. The van der Waals surface area contributed by atoms with Crippen molar-refractivity contribution in [3.8, 4) is 0 Å². The Kier molecular flexibility index (Phi) is 6.96. The Labute approximate surface area is 97.4 Å². The summed E-state index contributed by atoms with van der Waals surface area (Å²) < 4.78 is 26.8. The third-order valence-electron chi connectivity index (χ3n) is 2.28. The molecule has 0 amide bonds. The molecule has 0 aromatic heterocycles. The van der Waals surface area contributed by atoms with Gasteiger partial charge in [0.2, 0.25) is 0 Å². The van der Waals surface area contributed by atoms with E-state index in [1.165, 1.54) is 14.2 Å². The van der Waals surface area contributed by atoms with Crippen LogP contribution >= 0.6 is 7.60 Å². The van der Waals surface area contributed by atoms with E-state index in [2.05, 4.69) is 0 Å². The lowest BCUT2D eigenvalue weighted by molar-refractivity contribution is 0.0551. The molecule has 0 bridgehead atoms. The molecule has 0 aliphatic heterocycles. The fourth-order valence-electron chi connectivity index (χ4n) is 1.31. The lowest BCUT2D eigenvalue weighted by Gasteiger charge is -2.30. The van der Waals surface area contributed by atoms with Gasteiger partial charge < -0.3 is 23.1 Å². The van der Waals surface area contributed by atoms with Crippen molar-refractivity contribution in [1.29, 1.82) is 0 Å². The van der Waals surface area contributed by atoms with Crippen LogP contribution in [0.25, 0.3) is 0 Å². The molecule has 0 saturated carbocycles. The molecule has 8 heteroatoms. The van der Waals surface area contributed by atoms with Gasteiger partial charge in [-0.2, -0.15) is 0 Å². The van der Waals surface area contributed by atoms with Crippen LogP contribution in [0.3, 0.4) is 0 Å². The van der Waals surface area contributed by atoms with Gasteiger partial charge in [0.05, 0.1) is 0 Å². The SMILES string of the molecule is CCC(CC)O[Si](CP(=O)(O)O)(OC)OC. The van der Waals surface area contributed by atoms with Gasteiger partial charge in [0.25, 0.3) is 0 Å². The van der Waals surface area contributed by atoms with Crippen molar-refractivity contribution in [2.75, 3.05) is 20.0 Å². The molecule has 0 aliphatic rings. The fourth-order valence-corrected chi connectivity index (χ4v) is 5.86. The van der Waals surface area contributed by atoms with E-state index < -0.39 is 22.2 Å². The van der Waals surface area contributed by atoms with E-state index in [4.69, 9.17) is 23.1 Å². The number of hydrogen-bond acceptors (Lipinski definition) is 4. The van der Waals surface area contributed by atoms with E-state index in [1.807, 2.05) is 13.8 Å². The van der Waals surface area contributed by atoms with Crippen LogP contribution in [0.5, 0.6) is 0 Å². The Bertz CT molecular complexity index is 235. The van der Waals surface area contributed by atoms with Gasteiger partial charge in [0.1, 0.15) is 5.79 Å². The maximum absolute atomic E-state index is 11.0. The molecule has 6 nitrogen and oxygen atoms in total. The minimum Gasteiger partial charge on any atom is -0.376 e. The molecular weight excluding hydrogens is 251 g/mol. The third kappa shape index (κ3) is 5.54. The van der Waals surface area contributed by atoms with E-state index in [1.54, 1.807) is 0 Å². The Morgan fingerprint density at radius 3 is 1.88 bits per heavy atom. The number of hydrogen-bond donors (Lipinski definition) is 2. The molecule has 0 heterocycles. The maximum Gasteiger partial charge on any atom is 0.513 e. The van der Waals surface area contributed by atoms with E-state index in [-0.39, 0.29) is 6.10 Å². The van der Waals surface area contributed by atoms with Crippen LogP contribution in [0.4, 0.5) is 0 Å². The second kappa shape index (κ2) is 6.86. The molecule has 0 unspecified atom stereocenters. The normalized spacial score (nSPS) is 13.4. The van der Waals surface area contributed by atoms with Crippen molar-refractivity contribution < 1.29 is 27.6 Å². The summed E-state index contributed by atoms with van der Waals surface area (Å²) in [6.45, 7) is 3.88. The minimum atomic E-state index is -4.21. The number of rotatable bonds is 8. The molecule has 0 spiro atoms. The zero-order chi connectivity index (χ0) is 12.8. The highest BCUT2D eigenvalue weighted by molar-refractivity contribution is 7.54. The highest BCUT2D eigenvalue weighted by atomic mass is 31.2. The summed E-state index contributed by atoms with van der Waals surface area (Å²) in [7, 11) is -4.75. The van der Waals surface area contributed by atoms with Gasteiger partial charge in [-0.05, 0) is 12.8 Å². The Balaban J connectivity index is 4.74. The Hall–Kier alpha value is 0.247. The van der Waals surface area contributed by atoms with Gasteiger partial charge in [-0.15, -0.1) is 0 Å². The van der Waals surface area contributed by atoms with Crippen molar-refractivity contribution in [2.45, 2.75) is 32.8 Å². The molecule has 0 saturated heterocycles. The van der Waals surface area contributed by atoms with Crippen LogP contribution in [0, 0.1) is 0 Å². The van der Waals surface area contributed by atoms with Crippen LogP contribution in [-0.4, -0.2) is 44.7 Å². The average Bonchev–Trinajstić information content (AvgIpc) is 2.22. The van der Waals surface area contributed by atoms with Crippen LogP contribution in [0.1, 0.15) is 26.7 Å². The second-order valence-electron chi connectivity index (χ2n) is 3.47. The lowest BCUT2D eigenvalue weighted by atomic mass is 10.2. The summed E-state index contributed by atoms with van der Waals surface area (Å²) in [5, 5.41) is 0. The Morgan fingerprint density at radius 2 is 1.62 bits per heavy atom. The molecule has 0 aromatic carbocycles. The van der Waals surface area contributed by atoms with E-state index in [0.29, 0.717) is 0 Å². The van der Waals surface area contributed by atoms with Gasteiger partial charge in [-0.25, -0.2) is 0 Å². The van der Waals surface area contributed by atoms with Crippen LogP contribution in [-0.2, 0) is 17.8 Å². The van der Waals surface area contributed by atoms with Crippen LogP contribution in [0.2, 0.25) is 0 Å². The topological polar surface area (TPSA) is 85.2 Å². The summed E-state index contributed by atoms with van der Waals surface area (Å²) >= 11 is 0. The fraction of sp³-hybridized carbons (Fsp3) is 1.00. The first-order valence-corrected chi connectivity index (χ1v) is 8.88. The Morgan fingerprint density at radius 1 is 1.19 bits per heavy atom. The van der Waals surface area contributed by atoms with Crippen LogP contribution in [0.15, 0.2) is 0 Å². The summed E-state index contributed by atoms with van der Waals surface area (Å²) in [6.07, 6.45) is 1.40. The van der Waals surface area contributed by atoms with Crippen molar-refractivity contribution in [1.82, 2.24) is 0 Å². The van der Waals surface area contributed by atoms with Gasteiger partial charge in [0.15, 0.2) is 0 Å². The summed E-state index contributed by atoms with van der Waals surface area (Å²) in [4.78, 5) is 18.0. The van der Waals surface area contributed by atoms with Gasteiger partial charge in [0, 0.05) is 20.3 Å². The summed E-state index contributed by atoms with van der Waals surface area (Å²) in [6, 6.07) is 0. The minimum absolute atomic E-state index is 0.0990. The van der Waals surface area contributed by atoms with Gasteiger partial charge in [-0.1, -0.05) is 13.8 Å². The molecule has 16 heavy (non-hydrogen) atoms. The first-order chi connectivity index (χ1) is 7.32. The molecule has 2 N–H and O–H groups in total. The standard InChI is InChI=1S/C8H21O6PSi/c1-5-8(6-2)14-16(12-3,13-4)7-15(9,10)11/h8H,5-7H2,1-4H3,(H2,9,10,11). The molecule has 0 atom stereocenters. The predicted molar refractivity (Wildman–Crippen MR) is 62.1 cm³/mol. The first kappa shape index (κ1) is 16.2. The van der Waals surface area contributed by atoms with Crippen molar-refractivity contribution >= 4 is 16.4 Å². The zero-order valence-electron chi connectivity index (χ0n) is 10.2. The summed E-state index contributed by atoms with van der Waals surface area (Å²) in [5.74, 6) is -0.483. The third-order valence-corrected chi connectivity index (χ3v) is 7.41. The quantitative estimate of drug-likeness (QED) is 0.509. The summed E-state index contributed by atoms with van der Waals surface area (Å²) in [5.41, 5.74) is 0. The average molecular weight is 272 g/mol. The molecule has 0 rings (SSSR count). The molecule has 0 aliphatic carbocycles.